The molecule has 0 aliphatic carbocycles. The zero-order valence-electron chi connectivity index (χ0n) is 13.0. The molecule has 5 heteroatoms. The van der Waals surface area contributed by atoms with E-state index in [1.54, 1.807) is 0 Å². The van der Waals surface area contributed by atoms with Crippen molar-refractivity contribution in [3.8, 4) is 0 Å². The van der Waals surface area contributed by atoms with Gasteiger partial charge in [-0.05, 0) is 12.8 Å². The zero-order chi connectivity index (χ0) is 15.1. The fourth-order valence-corrected chi connectivity index (χ4v) is 2.48. The second-order valence-electron chi connectivity index (χ2n) is 5.20. The summed E-state index contributed by atoms with van der Waals surface area (Å²) < 4.78 is 5.35. The number of amides is 2. The van der Waals surface area contributed by atoms with Crippen LogP contribution in [0.1, 0.15) is 26.7 Å². The van der Waals surface area contributed by atoms with E-state index in [1.807, 2.05) is 4.90 Å². The summed E-state index contributed by atoms with van der Waals surface area (Å²) in [5.41, 5.74) is 0. The van der Waals surface area contributed by atoms with Crippen molar-refractivity contribution in [1.82, 2.24) is 9.80 Å². The smallest absolute Gasteiger partial charge is 0.346 e. The Morgan fingerprint density at radius 3 is 2.38 bits per heavy atom. The molecule has 2 aliphatic rings. The van der Waals surface area contributed by atoms with Crippen LogP contribution in [0.5, 0.6) is 0 Å². The summed E-state index contributed by atoms with van der Waals surface area (Å²) in [7, 11) is 0. The summed E-state index contributed by atoms with van der Waals surface area (Å²) in [4.78, 5) is 20.4. The lowest BCUT2D eigenvalue weighted by molar-refractivity contribution is 0.0673. The molecule has 0 saturated carbocycles. The van der Waals surface area contributed by atoms with E-state index in [0.717, 1.165) is 31.8 Å². The Hall–Kier alpha value is -1.62. The van der Waals surface area contributed by atoms with Crippen LogP contribution in [-0.4, -0.2) is 60.6 Å². The van der Waals surface area contributed by atoms with Gasteiger partial charge >= 0.3 is 6.03 Å². The Morgan fingerprint density at radius 1 is 1.19 bits per heavy atom. The monoisotopic (exact) mass is 291 g/mol. The highest BCUT2D eigenvalue weighted by Crippen LogP contribution is 2.15. The SMILES string of the molecule is CCC=CC(C=CCC)N1CC(N2CCOCC2)=NC1=O. The normalized spacial score (nSPS) is 21.6. The van der Waals surface area contributed by atoms with Gasteiger partial charge in [0.05, 0.1) is 25.8 Å². The number of amidine groups is 1. The first kappa shape index (κ1) is 15.8. The van der Waals surface area contributed by atoms with Gasteiger partial charge in [0.1, 0.15) is 5.84 Å². The fraction of sp³-hybridized carbons (Fsp3) is 0.625. The van der Waals surface area contributed by atoms with E-state index < -0.39 is 0 Å². The average molecular weight is 291 g/mol. The summed E-state index contributed by atoms with van der Waals surface area (Å²) in [5, 5.41) is 0. The van der Waals surface area contributed by atoms with Crippen LogP contribution in [0.15, 0.2) is 29.3 Å². The van der Waals surface area contributed by atoms with Crippen LogP contribution in [0.4, 0.5) is 4.79 Å². The van der Waals surface area contributed by atoms with Crippen LogP contribution in [0.2, 0.25) is 0 Å². The van der Waals surface area contributed by atoms with Crippen molar-refractivity contribution in [1.29, 1.82) is 0 Å². The number of allylic oxidation sites excluding steroid dienone is 2. The summed E-state index contributed by atoms with van der Waals surface area (Å²) >= 11 is 0. The summed E-state index contributed by atoms with van der Waals surface area (Å²) in [5.74, 6) is 0.878. The molecular formula is C16H25N3O2. The van der Waals surface area contributed by atoms with E-state index in [1.165, 1.54) is 0 Å². The third kappa shape index (κ3) is 4.17. The average Bonchev–Trinajstić information content (AvgIpc) is 2.90. The van der Waals surface area contributed by atoms with Crippen molar-refractivity contribution in [3.05, 3.63) is 24.3 Å². The molecule has 0 bridgehead atoms. The van der Waals surface area contributed by atoms with Gasteiger partial charge in [0.2, 0.25) is 0 Å². The van der Waals surface area contributed by atoms with Crippen molar-refractivity contribution < 1.29 is 9.53 Å². The lowest BCUT2D eigenvalue weighted by atomic mass is 10.2. The summed E-state index contributed by atoms with van der Waals surface area (Å²) in [6, 6.07) is -0.136. The van der Waals surface area contributed by atoms with Crippen LogP contribution in [0.25, 0.3) is 0 Å². The first-order valence-electron chi connectivity index (χ1n) is 7.80. The Bertz CT molecular complexity index is 423. The molecule has 0 aromatic rings. The highest BCUT2D eigenvalue weighted by Gasteiger charge is 2.30. The molecule has 1 saturated heterocycles. The molecule has 0 atom stereocenters. The molecule has 0 unspecified atom stereocenters. The topological polar surface area (TPSA) is 45.1 Å². The number of carbonyl (C=O) groups excluding carboxylic acids is 1. The molecule has 0 N–H and O–H groups in total. The molecule has 2 rings (SSSR count). The van der Waals surface area contributed by atoms with Crippen molar-refractivity contribution in [2.24, 2.45) is 4.99 Å². The lowest BCUT2D eigenvalue weighted by Gasteiger charge is -2.29. The van der Waals surface area contributed by atoms with Gasteiger partial charge in [-0.25, -0.2) is 4.79 Å². The van der Waals surface area contributed by atoms with E-state index in [0.29, 0.717) is 19.8 Å². The van der Waals surface area contributed by atoms with Crippen molar-refractivity contribution in [3.63, 3.8) is 0 Å². The predicted molar refractivity (Wildman–Crippen MR) is 84.6 cm³/mol. The Balaban J connectivity index is 2.04. The van der Waals surface area contributed by atoms with Gasteiger partial charge in [-0.3, -0.25) is 0 Å². The maximum absolute atomic E-state index is 12.2. The second-order valence-corrected chi connectivity index (χ2v) is 5.20. The van der Waals surface area contributed by atoms with Crippen molar-refractivity contribution in [2.75, 3.05) is 32.8 Å². The van der Waals surface area contributed by atoms with Crippen molar-refractivity contribution >= 4 is 11.9 Å². The van der Waals surface area contributed by atoms with Gasteiger partial charge in [-0.15, -0.1) is 0 Å². The van der Waals surface area contributed by atoms with E-state index in [4.69, 9.17) is 4.74 Å². The first-order valence-corrected chi connectivity index (χ1v) is 7.80. The molecule has 0 aromatic carbocycles. The largest absolute Gasteiger partial charge is 0.378 e. The molecular weight excluding hydrogens is 266 g/mol. The molecule has 5 nitrogen and oxygen atoms in total. The molecule has 0 radical (unpaired) electrons. The van der Waals surface area contributed by atoms with Gasteiger partial charge in [-0.1, -0.05) is 38.2 Å². The molecule has 116 valence electrons. The number of aliphatic imine (C=N–C) groups is 1. The van der Waals surface area contributed by atoms with Crippen LogP contribution in [0, 0.1) is 0 Å². The molecule has 21 heavy (non-hydrogen) atoms. The van der Waals surface area contributed by atoms with Gasteiger partial charge in [-0.2, -0.15) is 4.99 Å². The fourth-order valence-electron chi connectivity index (χ4n) is 2.48. The molecule has 2 amide bonds. The number of nitrogens with zero attached hydrogens (tertiary/aromatic N) is 3. The molecule has 2 heterocycles. The minimum Gasteiger partial charge on any atom is -0.378 e. The Labute approximate surface area is 127 Å². The number of urea groups is 1. The third-order valence-electron chi connectivity index (χ3n) is 3.66. The van der Waals surface area contributed by atoms with E-state index in [-0.39, 0.29) is 12.1 Å². The highest BCUT2D eigenvalue weighted by molar-refractivity contribution is 6.01. The van der Waals surface area contributed by atoms with E-state index >= 15 is 0 Å². The first-order chi connectivity index (χ1) is 10.3. The van der Waals surface area contributed by atoms with Gasteiger partial charge in [0.25, 0.3) is 0 Å². The number of carbonyl (C=O) groups is 1. The zero-order valence-corrected chi connectivity index (χ0v) is 13.0. The van der Waals surface area contributed by atoms with E-state index in [2.05, 4.69) is 48.0 Å². The Morgan fingerprint density at radius 2 is 1.81 bits per heavy atom. The van der Waals surface area contributed by atoms with Gasteiger partial charge in [0, 0.05) is 13.1 Å². The molecule has 0 spiro atoms. The molecule has 2 aliphatic heterocycles. The number of hydrogen-bond donors (Lipinski definition) is 0. The minimum absolute atomic E-state index is 0.000287. The number of ether oxygens (including phenoxy) is 1. The maximum Gasteiger partial charge on any atom is 0.346 e. The summed E-state index contributed by atoms with van der Waals surface area (Å²) in [6.07, 6.45) is 10.3. The standard InChI is InChI=1S/C16H25N3O2/c1-3-5-7-14(8-6-4-2)19-13-15(17-16(19)20)18-9-11-21-12-10-18/h5-8,14H,3-4,9-13H2,1-2H3. The van der Waals surface area contributed by atoms with Crippen LogP contribution < -0.4 is 0 Å². The van der Waals surface area contributed by atoms with Gasteiger partial charge < -0.3 is 14.5 Å². The maximum atomic E-state index is 12.2. The van der Waals surface area contributed by atoms with Crippen LogP contribution in [0.3, 0.4) is 0 Å². The Kier molecular flexibility index (Phi) is 5.99. The third-order valence-corrected chi connectivity index (χ3v) is 3.66. The summed E-state index contributed by atoms with van der Waals surface area (Å²) in [6.45, 7) is 7.84. The number of rotatable bonds is 5. The quantitative estimate of drug-likeness (QED) is 0.731. The lowest BCUT2D eigenvalue weighted by Crippen LogP contribution is -2.44. The second kappa shape index (κ2) is 7.98. The van der Waals surface area contributed by atoms with Gasteiger partial charge in [0.15, 0.2) is 0 Å². The highest BCUT2D eigenvalue weighted by atomic mass is 16.5. The number of hydrogen-bond acceptors (Lipinski definition) is 3. The number of morpholine rings is 1. The molecule has 1 fully saturated rings. The minimum atomic E-state index is -0.136. The van der Waals surface area contributed by atoms with Crippen LogP contribution in [-0.2, 0) is 4.74 Å². The van der Waals surface area contributed by atoms with E-state index in [9.17, 15) is 4.79 Å². The predicted octanol–water partition coefficient (Wildman–Crippen LogP) is 2.45. The van der Waals surface area contributed by atoms with Crippen molar-refractivity contribution in [2.45, 2.75) is 32.7 Å². The molecule has 0 aromatic heterocycles. The van der Waals surface area contributed by atoms with Crippen LogP contribution >= 0.6 is 0 Å².